The first-order valence-electron chi connectivity index (χ1n) is 5.75. The maximum absolute atomic E-state index is 11.4. The number of hydrogen-bond acceptors (Lipinski definition) is 8. The summed E-state index contributed by atoms with van der Waals surface area (Å²) in [5.74, 6) is 0. The van der Waals surface area contributed by atoms with E-state index in [2.05, 4.69) is 13.1 Å². The molecule has 0 bridgehead atoms. The van der Waals surface area contributed by atoms with E-state index >= 15 is 0 Å². The average Bonchev–Trinajstić information content (AvgIpc) is 2.62. The zero-order valence-electron chi connectivity index (χ0n) is 11.2. The van der Waals surface area contributed by atoms with Crippen molar-refractivity contribution in [3.05, 3.63) is 0 Å². The van der Waals surface area contributed by atoms with Crippen molar-refractivity contribution in [2.75, 3.05) is 6.61 Å². The normalized spacial score (nSPS) is 31.5. The SMILES string of the molecule is C[B]C1CC(O)C(COP(=O)(O)OP(=O)(O)OP(=O)(O)O)O1. The van der Waals surface area contributed by atoms with Crippen molar-refractivity contribution in [3.8, 4) is 0 Å². The Morgan fingerprint density at radius 1 is 1.14 bits per heavy atom. The molecule has 0 saturated carbocycles. The monoisotopic (exact) mass is 383 g/mol. The van der Waals surface area contributed by atoms with Gasteiger partial charge in [-0.1, -0.05) is 6.82 Å². The molecule has 16 heteroatoms. The highest BCUT2D eigenvalue weighted by molar-refractivity contribution is 7.66. The van der Waals surface area contributed by atoms with Crippen molar-refractivity contribution in [1.29, 1.82) is 0 Å². The van der Waals surface area contributed by atoms with E-state index in [1.165, 1.54) is 0 Å². The van der Waals surface area contributed by atoms with Gasteiger partial charge in [0.15, 0.2) is 0 Å². The van der Waals surface area contributed by atoms with Gasteiger partial charge >= 0.3 is 23.5 Å². The van der Waals surface area contributed by atoms with Gasteiger partial charge in [0.2, 0.25) is 0 Å². The van der Waals surface area contributed by atoms with E-state index in [1.807, 2.05) is 0 Å². The summed E-state index contributed by atoms with van der Waals surface area (Å²) in [4.78, 5) is 34.9. The van der Waals surface area contributed by atoms with E-state index in [4.69, 9.17) is 19.4 Å². The number of ether oxygens (including phenoxy) is 1. The molecule has 0 aromatic carbocycles. The minimum Gasteiger partial charge on any atom is -0.390 e. The van der Waals surface area contributed by atoms with Crippen LogP contribution in [0.1, 0.15) is 6.42 Å². The van der Waals surface area contributed by atoms with Gasteiger partial charge in [0.05, 0.1) is 12.7 Å². The lowest BCUT2D eigenvalue weighted by molar-refractivity contribution is -0.00473. The zero-order chi connectivity index (χ0) is 17.2. The Hall–Kier alpha value is 0.395. The Morgan fingerprint density at radius 3 is 2.18 bits per heavy atom. The topological polar surface area (TPSA) is 189 Å². The van der Waals surface area contributed by atoms with Gasteiger partial charge in [0.25, 0.3) is 0 Å². The van der Waals surface area contributed by atoms with Crippen LogP contribution in [0.3, 0.4) is 0 Å². The first-order valence-corrected chi connectivity index (χ1v) is 10.3. The summed E-state index contributed by atoms with van der Waals surface area (Å²) >= 11 is 0. The van der Waals surface area contributed by atoms with Crippen LogP contribution in [0.15, 0.2) is 0 Å². The van der Waals surface area contributed by atoms with Crippen molar-refractivity contribution in [3.63, 3.8) is 0 Å². The number of aliphatic hydroxyl groups is 1. The predicted molar refractivity (Wildman–Crippen MR) is 70.7 cm³/mol. The van der Waals surface area contributed by atoms with Crippen LogP contribution >= 0.6 is 23.5 Å². The first kappa shape index (κ1) is 20.4. The standard InChI is InChI=1S/C6H15BO12P3/c1-7-6-2-4(8)5(17-6)3-16-21(12,13)19-22(14,15)18-20(9,10)11/h4-6,8H,2-3H2,1H3,(H,12,13)(H,14,15)(H2,9,10,11). The third kappa shape index (κ3) is 7.31. The van der Waals surface area contributed by atoms with Crippen LogP contribution in [0, 0.1) is 0 Å². The Bertz CT molecular complexity index is 519. The Kier molecular flexibility index (Phi) is 6.99. The van der Waals surface area contributed by atoms with Crippen LogP contribution in [0.4, 0.5) is 0 Å². The fraction of sp³-hybridized carbons (Fsp3) is 1.00. The van der Waals surface area contributed by atoms with Gasteiger partial charge in [0.1, 0.15) is 13.4 Å². The molecule has 1 fully saturated rings. The maximum atomic E-state index is 11.4. The van der Waals surface area contributed by atoms with Crippen molar-refractivity contribution in [1.82, 2.24) is 0 Å². The van der Waals surface area contributed by atoms with Crippen LogP contribution in [0.25, 0.3) is 0 Å². The second kappa shape index (κ2) is 7.52. The van der Waals surface area contributed by atoms with Gasteiger partial charge in [-0.05, 0) is 6.42 Å². The summed E-state index contributed by atoms with van der Waals surface area (Å²) in [6, 6.07) is -0.385. The summed E-state index contributed by atoms with van der Waals surface area (Å²) in [5, 5.41) is 9.60. The van der Waals surface area contributed by atoms with E-state index in [-0.39, 0.29) is 12.4 Å². The van der Waals surface area contributed by atoms with E-state index in [9.17, 15) is 23.7 Å². The lowest BCUT2D eigenvalue weighted by Crippen LogP contribution is -2.26. The molecule has 5 atom stereocenters. The molecular formula is C6H15BO12P3. The largest absolute Gasteiger partial charge is 0.490 e. The number of rotatable bonds is 8. The lowest BCUT2D eigenvalue weighted by Gasteiger charge is -2.19. The highest BCUT2D eigenvalue weighted by Gasteiger charge is 2.42. The Labute approximate surface area is 126 Å². The minimum atomic E-state index is -5.54. The lowest BCUT2D eigenvalue weighted by atomic mass is 9.73. The smallest absolute Gasteiger partial charge is 0.390 e. The molecule has 22 heavy (non-hydrogen) atoms. The highest BCUT2D eigenvalue weighted by atomic mass is 31.3. The fourth-order valence-electron chi connectivity index (χ4n) is 1.60. The van der Waals surface area contributed by atoms with Gasteiger partial charge < -0.3 is 29.4 Å². The Morgan fingerprint density at radius 2 is 1.73 bits per heavy atom. The average molecular weight is 383 g/mol. The molecule has 5 N–H and O–H groups in total. The second-order valence-corrected chi connectivity index (χ2v) is 8.66. The molecule has 0 aliphatic carbocycles. The van der Waals surface area contributed by atoms with Crippen LogP contribution in [0.2, 0.25) is 6.82 Å². The molecule has 0 spiro atoms. The summed E-state index contributed by atoms with van der Waals surface area (Å²) in [6.07, 6.45) is -1.74. The molecule has 0 amide bonds. The third-order valence-electron chi connectivity index (χ3n) is 2.44. The molecule has 1 heterocycles. The van der Waals surface area contributed by atoms with Crippen molar-refractivity contribution < 1.29 is 56.3 Å². The van der Waals surface area contributed by atoms with Crippen LogP contribution in [0.5, 0.6) is 0 Å². The first-order chi connectivity index (χ1) is 9.84. The third-order valence-corrected chi connectivity index (χ3v) is 6.24. The Balaban J connectivity index is 2.56. The highest BCUT2D eigenvalue weighted by Crippen LogP contribution is 2.66. The van der Waals surface area contributed by atoms with E-state index in [0.29, 0.717) is 0 Å². The fourth-order valence-corrected chi connectivity index (χ4v) is 4.63. The molecule has 1 saturated heterocycles. The van der Waals surface area contributed by atoms with Crippen LogP contribution in [-0.2, 0) is 31.6 Å². The van der Waals surface area contributed by atoms with Crippen molar-refractivity contribution in [2.24, 2.45) is 0 Å². The number of phosphoric ester groups is 1. The van der Waals surface area contributed by atoms with E-state index in [1.54, 1.807) is 14.1 Å². The van der Waals surface area contributed by atoms with Gasteiger partial charge in [-0.2, -0.15) is 8.62 Å². The van der Waals surface area contributed by atoms with Crippen molar-refractivity contribution >= 4 is 30.7 Å². The molecule has 1 radical (unpaired) electrons. The number of aliphatic hydroxyl groups excluding tert-OH is 1. The van der Waals surface area contributed by atoms with Gasteiger partial charge in [0, 0.05) is 6.00 Å². The number of phosphoric acid groups is 3. The van der Waals surface area contributed by atoms with Crippen molar-refractivity contribution in [2.45, 2.75) is 31.5 Å². The van der Waals surface area contributed by atoms with E-state index in [0.717, 1.165) is 0 Å². The molecule has 12 nitrogen and oxygen atoms in total. The maximum Gasteiger partial charge on any atom is 0.490 e. The second-order valence-electron chi connectivity index (χ2n) is 4.24. The zero-order valence-corrected chi connectivity index (χ0v) is 13.8. The molecule has 1 aliphatic heterocycles. The molecule has 1 rings (SSSR count). The van der Waals surface area contributed by atoms with Gasteiger partial charge in [-0.15, -0.1) is 0 Å². The molecule has 5 unspecified atom stereocenters. The van der Waals surface area contributed by atoms with Crippen LogP contribution < -0.4 is 0 Å². The summed E-state index contributed by atoms with van der Waals surface area (Å²) < 4.78 is 49.6. The molecule has 0 aromatic heterocycles. The quantitative estimate of drug-likeness (QED) is 0.269. The van der Waals surface area contributed by atoms with Crippen LogP contribution in [-0.4, -0.2) is 56.8 Å². The van der Waals surface area contributed by atoms with Gasteiger partial charge in [-0.3, -0.25) is 4.52 Å². The van der Waals surface area contributed by atoms with E-state index < -0.39 is 42.3 Å². The molecule has 1 aliphatic rings. The number of hydrogen-bond donors (Lipinski definition) is 5. The molecule has 0 aromatic rings. The summed E-state index contributed by atoms with van der Waals surface area (Å²) in [5.41, 5.74) is 0. The molecular weight excluding hydrogens is 368 g/mol. The summed E-state index contributed by atoms with van der Waals surface area (Å²) in [7, 11) is -14.5. The molecule has 129 valence electrons. The predicted octanol–water partition coefficient (Wildman–Crippen LogP) is -0.442. The summed E-state index contributed by atoms with van der Waals surface area (Å²) in [6.45, 7) is 1.03. The minimum absolute atomic E-state index is 0.237. The van der Waals surface area contributed by atoms with Gasteiger partial charge in [-0.25, -0.2) is 13.7 Å².